The van der Waals surface area contributed by atoms with Crippen molar-refractivity contribution in [2.24, 2.45) is 0 Å². The maximum atomic E-state index is 10.3. The van der Waals surface area contributed by atoms with Gasteiger partial charge in [0.25, 0.3) is 0 Å². The summed E-state index contributed by atoms with van der Waals surface area (Å²) in [5, 5.41) is 10.3. The number of ether oxygens (including phenoxy) is 1. The van der Waals surface area contributed by atoms with E-state index in [2.05, 4.69) is 0 Å². The molecular weight excluding hydrogens is 164 g/mol. The van der Waals surface area contributed by atoms with Crippen molar-refractivity contribution in [2.45, 2.75) is 51.2 Å². The van der Waals surface area contributed by atoms with Gasteiger partial charge in [0, 0.05) is 7.11 Å². The number of rotatable bonds is 2. The fourth-order valence-corrected chi connectivity index (χ4v) is 2.14. The van der Waals surface area contributed by atoms with Crippen molar-refractivity contribution >= 4 is 0 Å². The summed E-state index contributed by atoms with van der Waals surface area (Å²) in [6, 6.07) is 0. The quantitative estimate of drug-likeness (QED) is 0.667. The maximum absolute atomic E-state index is 10.3. The molecule has 0 heterocycles. The Balaban J connectivity index is 2.76. The Kier molecular flexibility index (Phi) is 3.51. The monoisotopic (exact) mass is 184 g/mol. The van der Waals surface area contributed by atoms with Gasteiger partial charge in [-0.25, -0.2) is 0 Å². The maximum Gasteiger partial charge on any atom is 0.109 e. The molecule has 1 aliphatic carbocycles. The van der Waals surface area contributed by atoms with Gasteiger partial charge in [-0.1, -0.05) is 24.5 Å². The molecule has 0 saturated heterocycles. The number of methoxy groups -OCH3 is 1. The molecule has 0 aromatic rings. The van der Waals surface area contributed by atoms with Crippen LogP contribution >= 0.6 is 0 Å². The van der Waals surface area contributed by atoms with Gasteiger partial charge < -0.3 is 9.84 Å². The van der Waals surface area contributed by atoms with Gasteiger partial charge in [0.1, 0.15) is 5.60 Å². The van der Waals surface area contributed by atoms with Crippen molar-refractivity contribution in [3.8, 4) is 0 Å². The first-order valence-corrected chi connectivity index (χ1v) is 5.00. The molecule has 0 radical (unpaired) electrons. The summed E-state index contributed by atoms with van der Waals surface area (Å²) in [6.07, 6.45) is 5.99. The van der Waals surface area contributed by atoms with Gasteiger partial charge in [0.05, 0.1) is 6.10 Å². The molecule has 0 bridgehead atoms. The van der Waals surface area contributed by atoms with Crippen molar-refractivity contribution in [1.82, 2.24) is 0 Å². The van der Waals surface area contributed by atoms with Gasteiger partial charge in [0.2, 0.25) is 0 Å². The predicted octanol–water partition coefficient (Wildman–Crippen LogP) is 2.27. The van der Waals surface area contributed by atoms with E-state index in [9.17, 15) is 5.11 Å². The van der Waals surface area contributed by atoms with Gasteiger partial charge in [-0.2, -0.15) is 0 Å². The van der Waals surface area contributed by atoms with Crippen molar-refractivity contribution in [2.75, 3.05) is 7.11 Å². The van der Waals surface area contributed by atoms with E-state index in [4.69, 9.17) is 4.74 Å². The van der Waals surface area contributed by atoms with Crippen LogP contribution in [0, 0.1) is 0 Å². The highest BCUT2D eigenvalue weighted by Gasteiger charge is 2.36. The van der Waals surface area contributed by atoms with E-state index < -0.39 is 5.60 Å². The molecule has 0 spiro atoms. The van der Waals surface area contributed by atoms with Crippen LogP contribution in [-0.4, -0.2) is 23.9 Å². The van der Waals surface area contributed by atoms with Crippen LogP contribution in [0.4, 0.5) is 0 Å². The lowest BCUT2D eigenvalue weighted by Crippen LogP contribution is -2.44. The molecule has 2 atom stereocenters. The third-order valence-corrected chi connectivity index (χ3v) is 2.67. The van der Waals surface area contributed by atoms with Crippen LogP contribution in [0.1, 0.15) is 39.5 Å². The summed E-state index contributed by atoms with van der Waals surface area (Å²) in [6.45, 7) is 4.03. The second-order valence-electron chi connectivity index (χ2n) is 4.18. The molecule has 1 fully saturated rings. The fourth-order valence-electron chi connectivity index (χ4n) is 2.14. The van der Waals surface area contributed by atoms with Gasteiger partial charge in [-0.3, -0.25) is 0 Å². The summed E-state index contributed by atoms with van der Waals surface area (Å²) in [7, 11) is 1.68. The first-order chi connectivity index (χ1) is 6.08. The fraction of sp³-hybridized carbons (Fsp3) is 0.818. The molecule has 0 aliphatic heterocycles. The van der Waals surface area contributed by atoms with Crippen LogP contribution in [0.15, 0.2) is 11.6 Å². The minimum atomic E-state index is -0.716. The molecule has 13 heavy (non-hydrogen) atoms. The van der Waals surface area contributed by atoms with Crippen LogP contribution in [0.2, 0.25) is 0 Å². The number of hydrogen-bond donors (Lipinski definition) is 1. The van der Waals surface area contributed by atoms with E-state index in [-0.39, 0.29) is 6.10 Å². The minimum absolute atomic E-state index is 0.0175. The zero-order chi connectivity index (χ0) is 9.90. The lowest BCUT2D eigenvalue weighted by atomic mass is 9.81. The summed E-state index contributed by atoms with van der Waals surface area (Å²) >= 11 is 0. The molecule has 0 aromatic carbocycles. The third-order valence-electron chi connectivity index (χ3n) is 2.67. The Morgan fingerprint density at radius 3 is 2.69 bits per heavy atom. The van der Waals surface area contributed by atoms with E-state index in [1.807, 2.05) is 19.9 Å². The Morgan fingerprint density at radius 2 is 2.15 bits per heavy atom. The lowest BCUT2D eigenvalue weighted by Gasteiger charge is -2.37. The van der Waals surface area contributed by atoms with E-state index in [0.717, 1.165) is 31.3 Å². The van der Waals surface area contributed by atoms with Crippen LogP contribution in [0.3, 0.4) is 0 Å². The van der Waals surface area contributed by atoms with Gasteiger partial charge >= 0.3 is 0 Å². The molecule has 2 nitrogen and oxygen atoms in total. The van der Waals surface area contributed by atoms with Gasteiger partial charge in [-0.05, 0) is 26.7 Å². The second kappa shape index (κ2) is 4.25. The van der Waals surface area contributed by atoms with Crippen LogP contribution in [0.25, 0.3) is 0 Å². The largest absolute Gasteiger partial charge is 0.383 e. The summed E-state index contributed by atoms with van der Waals surface area (Å²) < 4.78 is 5.31. The standard InChI is InChI=1S/C11H20O2/c1-9(2)8-11(12)7-5-4-6-10(11)13-3/h8,10,12H,4-7H2,1-3H3. The molecule has 2 heteroatoms. The number of hydrogen-bond acceptors (Lipinski definition) is 2. The van der Waals surface area contributed by atoms with Crippen molar-refractivity contribution in [1.29, 1.82) is 0 Å². The highest BCUT2D eigenvalue weighted by atomic mass is 16.5. The second-order valence-corrected chi connectivity index (χ2v) is 4.18. The van der Waals surface area contributed by atoms with E-state index in [1.165, 1.54) is 0 Å². The SMILES string of the molecule is COC1CCCCC1(O)C=C(C)C. The zero-order valence-electron chi connectivity index (χ0n) is 8.84. The van der Waals surface area contributed by atoms with Crippen molar-refractivity contribution in [3.63, 3.8) is 0 Å². The Hall–Kier alpha value is -0.340. The normalized spacial score (nSPS) is 34.3. The molecule has 1 rings (SSSR count). The first-order valence-electron chi connectivity index (χ1n) is 5.00. The van der Waals surface area contributed by atoms with E-state index in [0.29, 0.717) is 0 Å². The molecule has 76 valence electrons. The lowest BCUT2D eigenvalue weighted by molar-refractivity contribution is -0.0861. The Bertz CT molecular complexity index is 194. The topological polar surface area (TPSA) is 29.5 Å². The summed E-state index contributed by atoms with van der Waals surface area (Å²) in [5.74, 6) is 0. The Morgan fingerprint density at radius 1 is 1.46 bits per heavy atom. The van der Waals surface area contributed by atoms with Crippen LogP contribution < -0.4 is 0 Å². The molecular formula is C11H20O2. The van der Waals surface area contributed by atoms with E-state index in [1.54, 1.807) is 7.11 Å². The molecule has 1 saturated carbocycles. The summed E-state index contributed by atoms with van der Waals surface area (Å²) in [4.78, 5) is 0. The van der Waals surface area contributed by atoms with Crippen molar-refractivity contribution < 1.29 is 9.84 Å². The van der Waals surface area contributed by atoms with Crippen LogP contribution in [0.5, 0.6) is 0 Å². The van der Waals surface area contributed by atoms with Crippen LogP contribution in [-0.2, 0) is 4.74 Å². The average molecular weight is 184 g/mol. The predicted molar refractivity (Wildman–Crippen MR) is 53.6 cm³/mol. The molecule has 0 amide bonds. The van der Waals surface area contributed by atoms with Gasteiger partial charge in [0.15, 0.2) is 0 Å². The average Bonchev–Trinajstić information content (AvgIpc) is 2.03. The highest BCUT2D eigenvalue weighted by molar-refractivity contribution is 5.11. The number of aliphatic hydroxyl groups is 1. The van der Waals surface area contributed by atoms with Gasteiger partial charge in [-0.15, -0.1) is 0 Å². The summed E-state index contributed by atoms with van der Waals surface area (Å²) in [5.41, 5.74) is 0.442. The molecule has 0 aromatic heterocycles. The molecule has 2 unspecified atom stereocenters. The smallest absolute Gasteiger partial charge is 0.109 e. The highest BCUT2D eigenvalue weighted by Crippen LogP contribution is 2.32. The number of allylic oxidation sites excluding steroid dienone is 1. The van der Waals surface area contributed by atoms with E-state index >= 15 is 0 Å². The molecule has 1 aliphatic rings. The first kappa shape index (κ1) is 10.7. The molecule has 1 N–H and O–H groups in total. The Labute approximate surface area is 80.6 Å². The minimum Gasteiger partial charge on any atom is -0.383 e. The third kappa shape index (κ3) is 2.55. The van der Waals surface area contributed by atoms with Crippen molar-refractivity contribution in [3.05, 3.63) is 11.6 Å². The zero-order valence-corrected chi connectivity index (χ0v) is 8.84.